The standard InChI is InChI=1S/C17H22N2O2/c1-2-5-16-18-14-10-12-6-3-4-7-13(12)11-15(14)19(16)9-8-17(20)21/h10-11H,2-9H2,1H3,(H,20,21). The van der Waals surface area contributed by atoms with Gasteiger partial charge in [-0.15, -0.1) is 0 Å². The molecular weight excluding hydrogens is 264 g/mol. The van der Waals surface area contributed by atoms with E-state index in [9.17, 15) is 4.79 Å². The monoisotopic (exact) mass is 286 g/mol. The summed E-state index contributed by atoms with van der Waals surface area (Å²) < 4.78 is 2.11. The van der Waals surface area contributed by atoms with E-state index < -0.39 is 5.97 Å². The summed E-state index contributed by atoms with van der Waals surface area (Å²) in [5.74, 6) is 0.272. The Labute approximate surface area is 124 Å². The van der Waals surface area contributed by atoms with E-state index in [2.05, 4.69) is 23.6 Å². The Bertz CT molecular complexity index is 673. The molecule has 0 amide bonds. The minimum absolute atomic E-state index is 0.152. The zero-order valence-corrected chi connectivity index (χ0v) is 12.6. The van der Waals surface area contributed by atoms with Crippen molar-refractivity contribution in [2.24, 2.45) is 0 Å². The maximum Gasteiger partial charge on any atom is 0.305 e. The molecule has 0 atom stereocenters. The predicted octanol–water partition coefficient (Wildman–Crippen LogP) is 3.34. The van der Waals surface area contributed by atoms with Gasteiger partial charge in [0.2, 0.25) is 0 Å². The van der Waals surface area contributed by atoms with Crippen LogP contribution in [0.1, 0.15) is 49.6 Å². The van der Waals surface area contributed by atoms with Crippen LogP contribution in [-0.2, 0) is 30.6 Å². The Morgan fingerprint density at radius 2 is 2.00 bits per heavy atom. The van der Waals surface area contributed by atoms with E-state index in [1.807, 2.05) is 0 Å². The number of nitrogens with zero attached hydrogens (tertiary/aromatic N) is 2. The first kappa shape index (κ1) is 14.1. The van der Waals surface area contributed by atoms with Gasteiger partial charge in [-0.3, -0.25) is 4.79 Å². The third kappa shape index (κ3) is 2.80. The first-order chi connectivity index (χ1) is 10.2. The molecule has 2 aromatic rings. The lowest BCUT2D eigenvalue weighted by Crippen LogP contribution is -2.09. The molecule has 0 saturated carbocycles. The number of aliphatic carboxylic acids is 1. The molecule has 1 aliphatic rings. The lowest BCUT2D eigenvalue weighted by Gasteiger charge is -2.16. The molecule has 0 saturated heterocycles. The second-order valence-electron chi connectivity index (χ2n) is 5.89. The van der Waals surface area contributed by atoms with Crippen LogP contribution < -0.4 is 0 Å². The number of hydrogen-bond acceptors (Lipinski definition) is 2. The van der Waals surface area contributed by atoms with Crippen LogP contribution in [0.25, 0.3) is 11.0 Å². The molecule has 21 heavy (non-hydrogen) atoms. The van der Waals surface area contributed by atoms with Crippen molar-refractivity contribution in [3.05, 3.63) is 29.1 Å². The molecule has 0 fully saturated rings. The van der Waals surface area contributed by atoms with Crippen LogP contribution in [0.2, 0.25) is 0 Å². The average molecular weight is 286 g/mol. The Kier molecular flexibility index (Phi) is 3.95. The van der Waals surface area contributed by atoms with E-state index in [1.54, 1.807) is 0 Å². The molecule has 1 aromatic heterocycles. The highest BCUT2D eigenvalue weighted by molar-refractivity contribution is 5.78. The smallest absolute Gasteiger partial charge is 0.305 e. The lowest BCUT2D eigenvalue weighted by molar-refractivity contribution is -0.137. The molecule has 112 valence electrons. The fourth-order valence-electron chi connectivity index (χ4n) is 3.28. The number of aromatic nitrogens is 2. The lowest BCUT2D eigenvalue weighted by atomic mass is 9.91. The van der Waals surface area contributed by atoms with Gasteiger partial charge in [0.1, 0.15) is 5.82 Å². The van der Waals surface area contributed by atoms with Crippen molar-refractivity contribution in [2.45, 2.75) is 58.4 Å². The predicted molar refractivity (Wildman–Crippen MR) is 82.6 cm³/mol. The Balaban J connectivity index is 2.07. The SMILES string of the molecule is CCCc1nc2cc3c(cc2n1CCC(=O)O)CCCC3. The van der Waals surface area contributed by atoms with Gasteiger partial charge in [0.15, 0.2) is 0 Å². The van der Waals surface area contributed by atoms with Gasteiger partial charge < -0.3 is 9.67 Å². The van der Waals surface area contributed by atoms with Crippen molar-refractivity contribution < 1.29 is 9.90 Å². The second kappa shape index (κ2) is 5.88. The number of aryl methyl sites for hydroxylation is 4. The fraction of sp³-hybridized carbons (Fsp3) is 0.529. The van der Waals surface area contributed by atoms with Gasteiger partial charge in [0.05, 0.1) is 17.5 Å². The van der Waals surface area contributed by atoms with E-state index >= 15 is 0 Å². The van der Waals surface area contributed by atoms with E-state index in [0.717, 1.165) is 42.5 Å². The minimum atomic E-state index is -0.753. The van der Waals surface area contributed by atoms with Gasteiger partial charge in [-0.1, -0.05) is 6.92 Å². The zero-order chi connectivity index (χ0) is 14.8. The normalized spacial score (nSPS) is 14.3. The third-order valence-electron chi connectivity index (χ3n) is 4.31. The molecule has 0 aliphatic heterocycles. The Morgan fingerprint density at radius 3 is 2.67 bits per heavy atom. The highest BCUT2D eigenvalue weighted by atomic mass is 16.4. The van der Waals surface area contributed by atoms with Gasteiger partial charge in [-0.2, -0.15) is 0 Å². The summed E-state index contributed by atoms with van der Waals surface area (Å²) in [4.78, 5) is 15.7. The van der Waals surface area contributed by atoms with Crippen LogP contribution in [-0.4, -0.2) is 20.6 Å². The molecular formula is C17H22N2O2. The van der Waals surface area contributed by atoms with E-state index in [1.165, 1.54) is 24.0 Å². The van der Waals surface area contributed by atoms with Crippen LogP contribution in [0.3, 0.4) is 0 Å². The summed E-state index contributed by atoms with van der Waals surface area (Å²) in [7, 11) is 0. The molecule has 4 nitrogen and oxygen atoms in total. The zero-order valence-electron chi connectivity index (χ0n) is 12.6. The first-order valence-corrected chi connectivity index (χ1v) is 7.91. The van der Waals surface area contributed by atoms with E-state index in [4.69, 9.17) is 10.1 Å². The molecule has 3 rings (SSSR count). The molecule has 1 aromatic carbocycles. The molecule has 0 bridgehead atoms. The van der Waals surface area contributed by atoms with Crippen LogP contribution in [0, 0.1) is 0 Å². The van der Waals surface area contributed by atoms with Gasteiger partial charge in [-0.25, -0.2) is 4.98 Å². The van der Waals surface area contributed by atoms with Crippen molar-refractivity contribution in [3.8, 4) is 0 Å². The van der Waals surface area contributed by atoms with Gasteiger partial charge in [0.25, 0.3) is 0 Å². The quantitative estimate of drug-likeness (QED) is 0.917. The van der Waals surface area contributed by atoms with Crippen molar-refractivity contribution in [1.82, 2.24) is 9.55 Å². The van der Waals surface area contributed by atoms with Crippen molar-refractivity contribution >= 4 is 17.0 Å². The van der Waals surface area contributed by atoms with Gasteiger partial charge in [0, 0.05) is 13.0 Å². The van der Waals surface area contributed by atoms with Gasteiger partial charge in [-0.05, 0) is 55.4 Å². The molecule has 1 aliphatic carbocycles. The Hall–Kier alpha value is -1.84. The molecule has 0 unspecified atom stereocenters. The summed E-state index contributed by atoms with van der Waals surface area (Å²) in [6.45, 7) is 2.64. The highest BCUT2D eigenvalue weighted by Crippen LogP contribution is 2.27. The number of imidazole rings is 1. The molecule has 4 heteroatoms. The number of carboxylic acids is 1. The topological polar surface area (TPSA) is 55.1 Å². The minimum Gasteiger partial charge on any atom is -0.481 e. The van der Waals surface area contributed by atoms with Crippen LogP contribution >= 0.6 is 0 Å². The van der Waals surface area contributed by atoms with Crippen LogP contribution in [0.4, 0.5) is 0 Å². The highest BCUT2D eigenvalue weighted by Gasteiger charge is 2.16. The molecule has 1 heterocycles. The number of hydrogen-bond donors (Lipinski definition) is 1. The van der Waals surface area contributed by atoms with Crippen LogP contribution in [0.15, 0.2) is 12.1 Å². The number of fused-ring (bicyclic) bond motifs is 2. The number of carboxylic acid groups (broad SMARTS) is 1. The van der Waals surface area contributed by atoms with E-state index in [-0.39, 0.29) is 6.42 Å². The summed E-state index contributed by atoms with van der Waals surface area (Å²) in [5, 5.41) is 8.96. The van der Waals surface area contributed by atoms with Crippen molar-refractivity contribution in [1.29, 1.82) is 0 Å². The first-order valence-electron chi connectivity index (χ1n) is 7.91. The number of carbonyl (C=O) groups is 1. The summed E-state index contributed by atoms with van der Waals surface area (Å²) in [5.41, 5.74) is 5.00. The summed E-state index contributed by atoms with van der Waals surface area (Å²) in [6.07, 6.45) is 6.88. The fourth-order valence-corrected chi connectivity index (χ4v) is 3.28. The summed E-state index contributed by atoms with van der Waals surface area (Å²) >= 11 is 0. The summed E-state index contributed by atoms with van der Waals surface area (Å²) in [6, 6.07) is 4.47. The number of rotatable bonds is 5. The average Bonchev–Trinajstić information content (AvgIpc) is 2.79. The maximum atomic E-state index is 10.9. The molecule has 1 N–H and O–H groups in total. The third-order valence-corrected chi connectivity index (χ3v) is 4.31. The maximum absolute atomic E-state index is 10.9. The largest absolute Gasteiger partial charge is 0.481 e. The molecule has 0 spiro atoms. The molecule has 0 radical (unpaired) electrons. The van der Waals surface area contributed by atoms with E-state index in [0.29, 0.717) is 6.54 Å². The van der Waals surface area contributed by atoms with Crippen molar-refractivity contribution in [2.75, 3.05) is 0 Å². The number of benzene rings is 1. The Morgan fingerprint density at radius 1 is 1.29 bits per heavy atom. The second-order valence-corrected chi connectivity index (χ2v) is 5.89. The van der Waals surface area contributed by atoms with Crippen LogP contribution in [0.5, 0.6) is 0 Å². The van der Waals surface area contributed by atoms with Gasteiger partial charge >= 0.3 is 5.97 Å². The van der Waals surface area contributed by atoms with Crippen molar-refractivity contribution in [3.63, 3.8) is 0 Å².